The van der Waals surface area contributed by atoms with Crippen molar-refractivity contribution in [2.45, 2.75) is 329 Å². The SMILES string of the molecule is CCCCCCCCCCCCCCCCC(CCCCCCCCCCCC)(CCCCCCCCCCCC)C(=O)OCCCCCCCCCCCC. The molecule has 0 atom stereocenters. The van der Waals surface area contributed by atoms with Gasteiger partial charge in [-0.15, -0.1) is 0 Å². The molecule has 2 nitrogen and oxygen atoms in total. The molecule has 0 aromatic rings. The molecule has 56 heavy (non-hydrogen) atoms. The monoisotopic (exact) mass is 789 g/mol. The lowest BCUT2D eigenvalue weighted by molar-refractivity contribution is -0.158. The maximum absolute atomic E-state index is 14.3. The fraction of sp³-hybridized carbons (Fsp3) is 0.981. The first-order valence-electron chi connectivity index (χ1n) is 26.8. The molecule has 0 radical (unpaired) electrons. The van der Waals surface area contributed by atoms with E-state index in [0.717, 1.165) is 25.7 Å². The van der Waals surface area contributed by atoms with Gasteiger partial charge in [-0.25, -0.2) is 0 Å². The van der Waals surface area contributed by atoms with E-state index in [-0.39, 0.29) is 11.4 Å². The molecule has 0 rings (SSSR count). The molecule has 0 saturated carbocycles. The van der Waals surface area contributed by atoms with Crippen molar-refractivity contribution >= 4 is 5.97 Å². The zero-order valence-corrected chi connectivity index (χ0v) is 39.8. The molecule has 0 bridgehead atoms. The average Bonchev–Trinajstić information content (AvgIpc) is 3.21. The quantitative estimate of drug-likeness (QED) is 0.0453. The Bertz CT molecular complexity index is 706. The Morgan fingerprint density at radius 2 is 0.446 bits per heavy atom. The molecule has 0 spiro atoms. The van der Waals surface area contributed by atoms with Crippen molar-refractivity contribution < 1.29 is 9.53 Å². The fourth-order valence-corrected chi connectivity index (χ4v) is 9.15. The summed E-state index contributed by atoms with van der Waals surface area (Å²) in [6.07, 6.45) is 63.0. The first kappa shape index (κ1) is 55.5. The van der Waals surface area contributed by atoms with Crippen molar-refractivity contribution in [1.82, 2.24) is 0 Å². The molecule has 0 heterocycles. The fourth-order valence-electron chi connectivity index (χ4n) is 9.15. The summed E-state index contributed by atoms with van der Waals surface area (Å²) in [5.74, 6) is 0.190. The highest BCUT2D eigenvalue weighted by Gasteiger charge is 2.38. The summed E-state index contributed by atoms with van der Waals surface area (Å²) in [4.78, 5) is 14.3. The van der Waals surface area contributed by atoms with Gasteiger partial charge in [0.2, 0.25) is 0 Å². The first-order valence-corrected chi connectivity index (χ1v) is 26.8. The molecule has 0 saturated heterocycles. The second-order valence-corrected chi connectivity index (χ2v) is 18.8. The van der Waals surface area contributed by atoms with Crippen molar-refractivity contribution in [1.29, 1.82) is 0 Å². The molecular formula is C54H108O2. The molecule has 0 aromatic heterocycles. The van der Waals surface area contributed by atoms with Gasteiger partial charge in [-0.3, -0.25) is 4.79 Å². The molecule has 0 aliphatic heterocycles. The maximum atomic E-state index is 14.3. The number of ether oxygens (including phenoxy) is 1. The van der Waals surface area contributed by atoms with Crippen LogP contribution in [-0.4, -0.2) is 12.6 Å². The minimum absolute atomic E-state index is 0.190. The van der Waals surface area contributed by atoms with Crippen LogP contribution in [0.25, 0.3) is 0 Å². The largest absolute Gasteiger partial charge is 0.465 e. The number of unbranched alkanes of at least 4 members (excludes halogenated alkanes) is 40. The number of carbonyl (C=O) groups is 1. The predicted molar refractivity (Wildman–Crippen MR) is 253 cm³/mol. The van der Waals surface area contributed by atoms with Gasteiger partial charge in [0.05, 0.1) is 12.0 Å². The predicted octanol–water partition coefficient (Wildman–Crippen LogP) is 19.9. The topological polar surface area (TPSA) is 26.3 Å². The van der Waals surface area contributed by atoms with Gasteiger partial charge in [0.25, 0.3) is 0 Å². The van der Waals surface area contributed by atoms with Crippen molar-refractivity contribution in [3.63, 3.8) is 0 Å². The van der Waals surface area contributed by atoms with Crippen molar-refractivity contribution in [2.75, 3.05) is 6.61 Å². The molecule has 0 N–H and O–H groups in total. The zero-order valence-electron chi connectivity index (χ0n) is 39.8. The summed E-state index contributed by atoms with van der Waals surface area (Å²) in [5.41, 5.74) is -0.240. The Hall–Kier alpha value is -0.530. The second-order valence-electron chi connectivity index (χ2n) is 18.8. The van der Waals surface area contributed by atoms with Crippen LogP contribution in [0.5, 0.6) is 0 Å². The summed E-state index contributed by atoms with van der Waals surface area (Å²) in [5, 5.41) is 0. The van der Waals surface area contributed by atoms with Crippen molar-refractivity contribution in [3.8, 4) is 0 Å². The number of esters is 1. The van der Waals surface area contributed by atoms with Crippen LogP contribution in [-0.2, 0) is 9.53 Å². The summed E-state index contributed by atoms with van der Waals surface area (Å²) < 4.78 is 6.29. The van der Waals surface area contributed by atoms with Gasteiger partial charge < -0.3 is 4.74 Å². The molecule has 0 unspecified atom stereocenters. The van der Waals surface area contributed by atoms with Gasteiger partial charge >= 0.3 is 5.97 Å². The van der Waals surface area contributed by atoms with Crippen LogP contribution in [0, 0.1) is 5.41 Å². The van der Waals surface area contributed by atoms with Crippen LogP contribution in [0.15, 0.2) is 0 Å². The first-order chi connectivity index (χ1) is 27.7. The van der Waals surface area contributed by atoms with E-state index in [1.54, 1.807) is 0 Å². The van der Waals surface area contributed by atoms with Crippen LogP contribution < -0.4 is 0 Å². The van der Waals surface area contributed by atoms with Gasteiger partial charge in [0.15, 0.2) is 0 Å². The minimum Gasteiger partial charge on any atom is -0.465 e. The lowest BCUT2D eigenvalue weighted by Gasteiger charge is -2.32. The Kier molecular flexibility index (Phi) is 46.7. The van der Waals surface area contributed by atoms with Crippen molar-refractivity contribution in [2.24, 2.45) is 5.41 Å². The second kappa shape index (κ2) is 47.2. The average molecular weight is 789 g/mol. The Balaban J connectivity index is 5.02. The molecule has 2 heteroatoms. The standard InChI is InChI=1S/C54H108O2/c1-5-9-13-17-21-25-29-30-31-32-35-39-43-47-51-54(49-45-41-37-33-26-22-18-14-10-6-2,50-46-42-38-34-27-23-19-15-11-7-3)53(55)56-52-48-44-40-36-28-24-20-16-12-8-4/h5-52H2,1-4H3. The van der Waals surface area contributed by atoms with Gasteiger partial charge in [-0.2, -0.15) is 0 Å². The smallest absolute Gasteiger partial charge is 0.312 e. The van der Waals surface area contributed by atoms with E-state index in [0.29, 0.717) is 6.61 Å². The normalized spacial score (nSPS) is 11.9. The summed E-state index contributed by atoms with van der Waals surface area (Å²) >= 11 is 0. The molecule has 0 fully saturated rings. The van der Waals surface area contributed by atoms with E-state index in [9.17, 15) is 4.79 Å². The molecular weight excluding hydrogens is 681 g/mol. The van der Waals surface area contributed by atoms with E-state index >= 15 is 0 Å². The lowest BCUT2D eigenvalue weighted by Crippen LogP contribution is -2.34. The van der Waals surface area contributed by atoms with Crippen LogP contribution in [0.4, 0.5) is 0 Å². The van der Waals surface area contributed by atoms with E-state index in [2.05, 4.69) is 27.7 Å². The molecule has 0 amide bonds. The van der Waals surface area contributed by atoms with Crippen LogP contribution in [0.2, 0.25) is 0 Å². The van der Waals surface area contributed by atoms with E-state index in [1.807, 2.05) is 0 Å². The van der Waals surface area contributed by atoms with E-state index in [1.165, 1.54) is 276 Å². The molecule has 336 valence electrons. The van der Waals surface area contributed by atoms with E-state index in [4.69, 9.17) is 4.74 Å². The molecule has 0 aromatic carbocycles. The zero-order chi connectivity index (χ0) is 40.7. The Morgan fingerprint density at radius 1 is 0.268 bits per heavy atom. The third kappa shape index (κ3) is 39.0. The highest BCUT2D eigenvalue weighted by Crippen LogP contribution is 2.39. The third-order valence-electron chi connectivity index (χ3n) is 13.2. The van der Waals surface area contributed by atoms with E-state index < -0.39 is 0 Å². The van der Waals surface area contributed by atoms with Crippen LogP contribution >= 0.6 is 0 Å². The number of rotatable bonds is 49. The van der Waals surface area contributed by atoms with Crippen LogP contribution in [0.3, 0.4) is 0 Å². The maximum Gasteiger partial charge on any atom is 0.312 e. The minimum atomic E-state index is -0.240. The Morgan fingerprint density at radius 3 is 0.661 bits per heavy atom. The van der Waals surface area contributed by atoms with Crippen LogP contribution in [0.1, 0.15) is 329 Å². The summed E-state index contributed by atoms with van der Waals surface area (Å²) in [7, 11) is 0. The van der Waals surface area contributed by atoms with Gasteiger partial charge in [-0.05, 0) is 25.7 Å². The van der Waals surface area contributed by atoms with Gasteiger partial charge in [0.1, 0.15) is 0 Å². The van der Waals surface area contributed by atoms with Gasteiger partial charge in [0, 0.05) is 0 Å². The lowest BCUT2D eigenvalue weighted by atomic mass is 9.74. The number of hydrogen-bond acceptors (Lipinski definition) is 2. The number of carbonyl (C=O) groups excluding carboxylic acids is 1. The Labute approximate surface area is 355 Å². The summed E-state index contributed by atoms with van der Waals surface area (Å²) in [6.45, 7) is 9.87. The van der Waals surface area contributed by atoms with Crippen molar-refractivity contribution in [3.05, 3.63) is 0 Å². The van der Waals surface area contributed by atoms with Gasteiger partial charge in [-0.1, -0.05) is 304 Å². The number of hydrogen-bond donors (Lipinski definition) is 0. The molecule has 0 aliphatic carbocycles. The highest BCUT2D eigenvalue weighted by atomic mass is 16.5. The summed E-state index contributed by atoms with van der Waals surface area (Å²) in [6, 6.07) is 0. The highest BCUT2D eigenvalue weighted by molar-refractivity contribution is 5.76. The third-order valence-corrected chi connectivity index (χ3v) is 13.2. The molecule has 0 aliphatic rings.